The molecule has 1 aliphatic rings. The first-order chi connectivity index (χ1) is 16.8. The number of thiophene rings is 1. The molecule has 3 heterocycles. The molecule has 3 N–H and O–H groups in total. The molecule has 0 spiro atoms. The van der Waals surface area contributed by atoms with Crippen LogP contribution in [0.1, 0.15) is 62.4 Å². The normalized spacial score (nSPS) is 13.4. The van der Waals surface area contributed by atoms with Gasteiger partial charge in [-0.2, -0.15) is 0 Å². The second-order valence-electron chi connectivity index (χ2n) is 8.00. The van der Waals surface area contributed by atoms with E-state index in [0.29, 0.717) is 22.5 Å². The number of aromatic nitrogens is 1. The summed E-state index contributed by atoms with van der Waals surface area (Å²) >= 11 is 4.28. The molecule has 4 aromatic rings. The Morgan fingerprint density at radius 2 is 2.03 bits per heavy atom. The number of hydrogen-bond acceptors (Lipinski definition) is 6. The van der Waals surface area contributed by atoms with E-state index in [1.165, 1.54) is 12.1 Å². The summed E-state index contributed by atoms with van der Waals surface area (Å²) in [7, 11) is 0. The van der Waals surface area contributed by atoms with E-state index in [0.717, 1.165) is 28.7 Å². The van der Waals surface area contributed by atoms with Crippen LogP contribution in [0.5, 0.6) is 5.75 Å². The van der Waals surface area contributed by atoms with Gasteiger partial charge in [0.2, 0.25) is 0 Å². The number of nitrogens with two attached hydrogens (primary N) is 1. The van der Waals surface area contributed by atoms with Gasteiger partial charge in [-0.3, -0.25) is 9.59 Å². The number of carbonyl (C=O) groups is 2. The van der Waals surface area contributed by atoms with Gasteiger partial charge in [0.15, 0.2) is 5.76 Å². The summed E-state index contributed by atoms with van der Waals surface area (Å²) in [6, 6.07) is 11.8. The van der Waals surface area contributed by atoms with Crippen molar-refractivity contribution >= 4 is 55.0 Å². The molecule has 3 aromatic heterocycles. The van der Waals surface area contributed by atoms with E-state index >= 15 is 0 Å². The number of carbonyl (C=O) groups excluding carboxylic acids is 2. The Balaban J connectivity index is 1.43. The Bertz CT molecular complexity index is 1450. The van der Waals surface area contributed by atoms with E-state index in [1.807, 2.05) is 18.2 Å². The van der Waals surface area contributed by atoms with Crippen LogP contribution in [0.2, 0.25) is 0 Å². The standard InChI is InChI=1S/C24H18BrF2N3O4S/c25-14-3-1-2-4-16(14)33-10-12-7-8-17(34-12)23(32)30-19-18-13(11-5-6-11)9-15(21(26)27)29-24(18)35-20(19)22(28)31/h1-4,7-9,11,21H,5-6,10H2,(H2,28,31)(H,30,32). The van der Waals surface area contributed by atoms with Crippen LogP contribution >= 0.6 is 27.3 Å². The van der Waals surface area contributed by atoms with Crippen molar-refractivity contribution in [2.24, 2.45) is 5.73 Å². The van der Waals surface area contributed by atoms with Crippen molar-refractivity contribution in [3.63, 3.8) is 0 Å². The third-order valence-electron chi connectivity index (χ3n) is 5.51. The minimum atomic E-state index is -2.76. The number of halogens is 3. The molecule has 1 aromatic carbocycles. The SMILES string of the molecule is NC(=O)c1sc2nc(C(F)F)cc(C3CC3)c2c1NC(=O)c1ccc(COc2ccccc2Br)o1. The molecule has 0 bridgehead atoms. The number of anilines is 1. The number of furan rings is 1. The van der Waals surface area contributed by atoms with Crippen molar-refractivity contribution in [2.75, 3.05) is 5.32 Å². The first-order valence-electron chi connectivity index (χ1n) is 10.6. The van der Waals surface area contributed by atoms with Gasteiger partial charge >= 0.3 is 0 Å². The van der Waals surface area contributed by atoms with Gasteiger partial charge in [-0.15, -0.1) is 11.3 Å². The highest BCUT2D eigenvalue weighted by Gasteiger charge is 2.32. The van der Waals surface area contributed by atoms with E-state index in [-0.39, 0.29) is 39.4 Å². The highest BCUT2D eigenvalue weighted by molar-refractivity contribution is 9.10. The predicted octanol–water partition coefficient (Wildman–Crippen LogP) is 6.40. The quantitative estimate of drug-likeness (QED) is 0.259. The van der Waals surface area contributed by atoms with Crippen LogP contribution < -0.4 is 15.8 Å². The molecule has 0 aliphatic heterocycles. The monoisotopic (exact) mass is 561 g/mol. The number of amides is 2. The Morgan fingerprint density at radius 1 is 1.26 bits per heavy atom. The average molecular weight is 562 g/mol. The van der Waals surface area contributed by atoms with Crippen LogP contribution in [0.3, 0.4) is 0 Å². The Kier molecular flexibility index (Phi) is 6.28. The van der Waals surface area contributed by atoms with Crippen LogP contribution in [0.15, 0.2) is 51.4 Å². The van der Waals surface area contributed by atoms with Gasteiger partial charge in [-0.25, -0.2) is 13.8 Å². The zero-order valence-electron chi connectivity index (χ0n) is 18.0. The molecule has 11 heteroatoms. The molecule has 1 saturated carbocycles. The highest BCUT2D eigenvalue weighted by Crippen LogP contribution is 2.48. The molecule has 1 aliphatic carbocycles. The number of nitrogens with one attached hydrogen (secondary N) is 1. The maximum Gasteiger partial charge on any atom is 0.291 e. The highest BCUT2D eigenvalue weighted by atomic mass is 79.9. The number of nitrogens with zero attached hydrogens (tertiary/aromatic N) is 1. The summed E-state index contributed by atoms with van der Waals surface area (Å²) < 4.78 is 38.9. The number of alkyl halides is 2. The van der Waals surface area contributed by atoms with Crippen LogP contribution in [0.25, 0.3) is 10.2 Å². The molecular formula is C24H18BrF2N3O4S. The Labute approximate surface area is 210 Å². The zero-order chi connectivity index (χ0) is 24.7. The lowest BCUT2D eigenvalue weighted by Crippen LogP contribution is -2.16. The fourth-order valence-electron chi connectivity index (χ4n) is 3.73. The van der Waals surface area contributed by atoms with Crippen molar-refractivity contribution in [3.05, 3.63) is 74.6 Å². The molecule has 7 nitrogen and oxygen atoms in total. The minimum absolute atomic E-state index is 0.00405. The van der Waals surface area contributed by atoms with Gasteiger partial charge in [0.25, 0.3) is 18.2 Å². The lowest BCUT2D eigenvalue weighted by atomic mass is 10.0. The first-order valence-corrected chi connectivity index (χ1v) is 12.3. The fraction of sp³-hybridized carbons (Fsp3) is 0.208. The summed E-state index contributed by atoms with van der Waals surface area (Å²) in [5.41, 5.74) is 5.98. The van der Waals surface area contributed by atoms with Gasteiger partial charge in [0.1, 0.15) is 33.5 Å². The van der Waals surface area contributed by atoms with Crippen LogP contribution in [-0.2, 0) is 6.61 Å². The number of primary amides is 1. The van der Waals surface area contributed by atoms with E-state index < -0.39 is 18.2 Å². The van der Waals surface area contributed by atoms with E-state index in [2.05, 4.69) is 26.2 Å². The van der Waals surface area contributed by atoms with Gasteiger partial charge in [0.05, 0.1) is 10.2 Å². The largest absolute Gasteiger partial charge is 0.484 e. The van der Waals surface area contributed by atoms with E-state index in [9.17, 15) is 18.4 Å². The summed E-state index contributed by atoms with van der Waals surface area (Å²) in [5, 5.41) is 3.17. The van der Waals surface area contributed by atoms with Gasteiger partial charge < -0.3 is 20.2 Å². The van der Waals surface area contributed by atoms with Crippen molar-refractivity contribution in [2.45, 2.75) is 31.8 Å². The van der Waals surface area contributed by atoms with Crippen molar-refractivity contribution in [3.8, 4) is 5.75 Å². The molecule has 1 fully saturated rings. The maximum atomic E-state index is 13.4. The topological polar surface area (TPSA) is 107 Å². The van der Waals surface area contributed by atoms with E-state index in [1.54, 1.807) is 12.1 Å². The first kappa shape index (κ1) is 23.4. The van der Waals surface area contributed by atoms with Gasteiger partial charge in [-0.05, 0) is 70.6 Å². The summed E-state index contributed by atoms with van der Waals surface area (Å²) in [6.07, 6.45) is -1.10. The number of para-hydroxylation sites is 1. The van der Waals surface area contributed by atoms with Crippen molar-refractivity contribution in [1.82, 2.24) is 4.98 Å². The molecule has 0 atom stereocenters. The molecule has 5 rings (SSSR count). The number of hydrogen-bond donors (Lipinski definition) is 2. The number of benzene rings is 1. The number of fused-ring (bicyclic) bond motifs is 1. The molecule has 0 unspecified atom stereocenters. The molecule has 0 saturated heterocycles. The second-order valence-corrected chi connectivity index (χ2v) is 9.85. The molecular weight excluding hydrogens is 544 g/mol. The summed E-state index contributed by atoms with van der Waals surface area (Å²) in [4.78, 5) is 29.4. The number of pyridine rings is 1. The van der Waals surface area contributed by atoms with Gasteiger partial charge in [0, 0.05) is 5.39 Å². The lowest BCUT2D eigenvalue weighted by Gasteiger charge is -2.09. The van der Waals surface area contributed by atoms with Crippen LogP contribution in [0.4, 0.5) is 14.5 Å². The smallest absolute Gasteiger partial charge is 0.291 e. The average Bonchev–Trinajstić information content (AvgIpc) is 3.45. The van der Waals surface area contributed by atoms with E-state index in [4.69, 9.17) is 14.9 Å². The predicted molar refractivity (Wildman–Crippen MR) is 130 cm³/mol. The minimum Gasteiger partial charge on any atom is -0.484 e. The Morgan fingerprint density at radius 3 is 2.71 bits per heavy atom. The molecule has 180 valence electrons. The third kappa shape index (κ3) is 4.78. The Hall–Kier alpha value is -3.31. The van der Waals surface area contributed by atoms with Crippen LogP contribution in [-0.4, -0.2) is 16.8 Å². The van der Waals surface area contributed by atoms with Crippen LogP contribution in [0, 0.1) is 0 Å². The van der Waals surface area contributed by atoms with Crippen molar-refractivity contribution < 1.29 is 27.5 Å². The summed E-state index contributed by atoms with van der Waals surface area (Å²) in [5.74, 6) is -0.305. The van der Waals surface area contributed by atoms with Gasteiger partial charge in [-0.1, -0.05) is 12.1 Å². The van der Waals surface area contributed by atoms with Crippen molar-refractivity contribution in [1.29, 1.82) is 0 Å². The molecule has 0 radical (unpaired) electrons. The number of rotatable bonds is 8. The number of ether oxygens (including phenoxy) is 1. The maximum absolute atomic E-state index is 13.4. The third-order valence-corrected chi connectivity index (χ3v) is 7.26. The zero-order valence-corrected chi connectivity index (χ0v) is 20.4. The second kappa shape index (κ2) is 9.38. The summed E-state index contributed by atoms with van der Waals surface area (Å²) in [6.45, 7) is 0.0932. The fourth-order valence-corrected chi connectivity index (χ4v) is 5.15. The molecule has 35 heavy (non-hydrogen) atoms. The lowest BCUT2D eigenvalue weighted by molar-refractivity contribution is 0.0992. The molecule has 2 amide bonds.